The maximum Gasteiger partial charge on any atom is 0.255 e. The quantitative estimate of drug-likeness (QED) is 0.731. The molecule has 118 valence electrons. The monoisotopic (exact) mass is 308 g/mol. The van der Waals surface area contributed by atoms with Gasteiger partial charge in [-0.3, -0.25) is 4.79 Å². The van der Waals surface area contributed by atoms with Gasteiger partial charge in [0, 0.05) is 24.1 Å². The van der Waals surface area contributed by atoms with E-state index in [2.05, 4.69) is 4.57 Å². The van der Waals surface area contributed by atoms with Gasteiger partial charge in [-0.25, -0.2) is 0 Å². The molecule has 0 unspecified atom stereocenters. The Kier molecular flexibility index (Phi) is 4.06. The van der Waals surface area contributed by atoms with Crippen molar-refractivity contribution in [2.45, 2.75) is 20.4 Å². The minimum atomic E-state index is -0.00307. The predicted octanol–water partition coefficient (Wildman–Crippen LogP) is 3.96. The molecule has 2 aromatic heterocycles. The van der Waals surface area contributed by atoms with Crippen LogP contribution in [0.25, 0.3) is 5.69 Å². The Morgan fingerprint density at radius 2 is 1.87 bits per heavy atom. The number of carbonyl (C=O) groups is 1. The smallest absolute Gasteiger partial charge is 0.255 e. The van der Waals surface area contributed by atoms with Gasteiger partial charge in [-0.05, 0) is 44.2 Å². The maximum absolute atomic E-state index is 12.8. The average molecular weight is 308 g/mol. The molecule has 0 fully saturated rings. The van der Waals surface area contributed by atoms with E-state index in [1.807, 2.05) is 62.4 Å². The Morgan fingerprint density at radius 1 is 1.13 bits per heavy atom. The molecule has 3 rings (SSSR count). The average Bonchev–Trinajstić information content (AvgIpc) is 3.15. The van der Waals surface area contributed by atoms with E-state index in [4.69, 9.17) is 4.42 Å². The van der Waals surface area contributed by atoms with Crippen LogP contribution in [0.5, 0.6) is 0 Å². The highest BCUT2D eigenvalue weighted by molar-refractivity contribution is 5.95. The van der Waals surface area contributed by atoms with Gasteiger partial charge < -0.3 is 13.9 Å². The third-order valence-corrected chi connectivity index (χ3v) is 4.00. The Labute approximate surface area is 136 Å². The summed E-state index contributed by atoms with van der Waals surface area (Å²) < 4.78 is 7.42. The molecule has 4 heteroatoms. The van der Waals surface area contributed by atoms with Crippen LogP contribution < -0.4 is 0 Å². The molecule has 0 bridgehead atoms. The SMILES string of the molecule is Cc1cc(C(=O)N(C)Cc2ccco2)c(C)n1-c1ccccc1. The van der Waals surface area contributed by atoms with Crippen LogP contribution in [0.15, 0.2) is 59.2 Å². The summed E-state index contributed by atoms with van der Waals surface area (Å²) in [7, 11) is 1.79. The Hall–Kier alpha value is -2.75. The third-order valence-electron chi connectivity index (χ3n) is 4.00. The first-order chi connectivity index (χ1) is 11.1. The zero-order chi connectivity index (χ0) is 16.4. The molecule has 3 aromatic rings. The highest BCUT2D eigenvalue weighted by Gasteiger charge is 2.20. The van der Waals surface area contributed by atoms with Crippen LogP contribution in [0.1, 0.15) is 27.5 Å². The number of rotatable bonds is 4. The molecule has 0 saturated heterocycles. The molecule has 2 heterocycles. The predicted molar refractivity (Wildman–Crippen MR) is 89.7 cm³/mol. The van der Waals surface area contributed by atoms with Crippen LogP contribution in [-0.2, 0) is 6.54 Å². The lowest BCUT2D eigenvalue weighted by molar-refractivity contribution is 0.0775. The number of hydrogen-bond donors (Lipinski definition) is 0. The molecule has 23 heavy (non-hydrogen) atoms. The molecular formula is C19H20N2O2. The first-order valence-corrected chi connectivity index (χ1v) is 7.60. The zero-order valence-electron chi connectivity index (χ0n) is 13.6. The van der Waals surface area contributed by atoms with Gasteiger partial charge in [0.25, 0.3) is 5.91 Å². The molecule has 0 N–H and O–H groups in total. The fourth-order valence-corrected chi connectivity index (χ4v) is 2.87. The second-order valence-electron chi connectivity index (χ2n) is 5.70. The minimum absolute atomic E-state index is 0.00307. The van der Waals surface area contributed by atoms with E-state index < -0.39 is 0 Å². The van der Waals surface area contributed by atoms with Crippen LogP contribution in [0.3, 0.4) is 0 Å². The normalized spacial score (nSPS) is 10.7. The summed E-state index contributed by atoms with van der Waals surface area (Å²) in [5.74, 6) is 0.773. The van der Waals surface area contributed by atoms with Gasteiger partial charge in [0.15, 0.2) is 0 Å². The number of aryl methyl sites for hydroxylation is 1. The van der Waals surface area contributed by atoms with Crippen molar-refractivity contribution in [3.63, 3.8) is 0 Å². The highest BCUT2D eigenvalue weighted by Crippen LogP contribution is 2.22. The Morgan fingerprint density at radius 3 is 2.52 bits per heavy atom. The van der Waals surface area contributed by atoms with Crippen LogP contribution >= 0.6 is 0 Å². The first-order valence-electron chi connectivity index (χ1n) is 7.60. The molecule has 0 atom stereocenters. The molecule has 4 nitrogen and oxygen atoms in total. The number of furan rings is 1. The molecule has 1 amide bonds. The summed E-state index contributed by atoms with van der Waals surface area (Å²) >= 11 is 0. The van der Waals surface area contributed by atoms with Crippen molar-refractivity contribution in [1.29, 1.82) is 0 Å². The number of amides is 1. The van der Waals surface area contributed by atoms with E-state index in [1.54, 1.807) is 18.2 Å². The van der Waals surface area contributed by atoms with Crippen molar-refractivity contribution in [3.05, 3.63) is 77.5 Å². The molecular weight excluding hydrogens is 288 g/mol. The number of carbonyl (C=O) groups excluding carboxylic acids is 1. The van der Waals surface area contributed by atoms with Gasteiger partial charge in [-0.15, -0.1) is 0 Å². The van der Waals surface area contributed by atoms with Crippen molar-refractivity contribution in [1.82, 2.24) is 9.47 Å². The summed E-state index contributed by atoms with van der Waals surface area (Å²) in [6.07, 6.45) is 1.62. The second kappa shape index (κ2) is 6.16. The van der Waals surface area contributed by atoms with Crippen LogP contribution in [0.2, 0.25) is 0 Å². The van der Waals surface area contributed by atoms with Gasteiger partial charge in [0.05, 0.1) is 18.4 Å². The summed E-state index contributed by atoms with van der Waals surface area (Å²) in [6.45, 7) is 4.46. The molecule has 0 radical (unpaired) electrons. The van der Waals surface area contributed by atoms with Crippen molar-refractivity contribution < 1.29 is 9.21 Å². The standard InChI is InChI=1S/C19H20N2O2/c1-14-12-18(15(2)21(14)16-8-5-4-6-9-16)19(22)20(3)13-17-10-7-11-23-17/h4-12H,13H2,1-3H3. The highest BCUT2D eigenvalue weighted by atomic mass is 16.3. The lowest BCUT2D eigenvalue weighted by Gasteiger charge is -2.16. The minimum Gasteiger partial charge on any atom is -0.467 e. The summed E-state index contributed by atoms with van der Waals surface area (Å²) in [6, 6.07) is 15.7. The zero-order valence-corrected chi connectivity index (χ0v) is 13.6. The van der Waals surface area contributed by atoms with Crippen LogP contribution in [-0.4, -0.2) is 22.4 Å². The maximum atomic E-state index is 12.8. The summed E-state index contributed by atoms with van der Waals surface area (Å²) in [5, 5.41) is 0. The van der Waals surface area contributed by atoms with E-state index in [0.717, 1.165) is 28.4 Å². The number of para-hydroxylation sites is 1. The number of aromatic nitrogens is 1. The first kappa shape index (κ1) is 15.2. The Balaban J connectivity index is 1.90. The van der Waals surface area contributed by atoms with E-state index in [0.29, 0.717) is 6.54 Å². The summed E-state index contributed by atoms with van der Waals surface area (Å²) in [5.41, 5.74) is 3.78. The van der Waals surface area contributed by atoms with E-state index in [9.17, 15) is 4.79 Å². The van der Waals surface area contributed by atoms with Crippen molar-refractivity contribution in [2.24, 2.45) is 0 Å². The molecule has 0 aliphatic rings. The van der Waals surface area contributed by atoms with Crippen molar-refractivity contribution >= 4 is 5.91 Å². The van der Waals surface area contributed by atoms with Crippen molar-refractivity contribution in [3.8, 4) is 5.69 Å². The topological polar surface area (TPSA) is 38.4 Å². The third kappa shape index (κ3) is 2.93. The van der Waals surface area contributed by atoms with Gasteiger partial charge in [-0.1, -0.05) is 18.2 Å². The van der Waals surface area contributed by atoms with Crippen LogP contribution in [0.4, 0.5) is 0 Å². The van der Waals surface area contributed by atoms with Gasteiger partial charge in [0.1, 0.15) is 5.76 Å². The fourth-order valence-electron chi connectivity index (χ4n) is 2.87. The molecule has 0 aliphatic carbocycles. The largest absolute Gasteiger partial charge is 0.467 e. The molecule has 0 spiro atoms. The van der Waals surface area contributed by atoms with Crippen molar-refractivity contribution in [2.75, 3.05) is 7.05 Å². The lowest BCUT2D eigenvalue weighted by atomic mass is 10.2. The number of hydrogen-bond acceptors (Lipinski definition) is 2. The molecule has 0 aliphatic heterocycles. The molecule has 0 saturated carbocycles. The summed E-state index contributed by atoms with van der Waals surface area (Å²) in [4.78, 5) is 14.4. The van der Waals surface area contributed by atoms with Gasteiger partial charge in [-0.2, -0.15) is 0 Å². The lowest BCUT2D eigenvalue weighted by Crippen LogP contribution is -2.26. The fraction of sp³-hybridized carbons (Fsp3) is 0.211. The Bertz CT molecular complexity index is 802. The number of benzene rings is 1. The van der Waals surface area contributed by atoms with Gasteiger partial charge in [0.2, 0.25) is 0 Å². The van der Waals surface area contributed by atoms with E-state index in [1.165, 1.54) is 0 Å². The second-order valence-corrected chi connectivity index (χ2v) is 5.70. The van der Waals surface area contributed by atoms with Gasteiger partial charge >= 0.3 is 0 Å². The van der Waals surface area contributed by atoms with E-state index >= 15 is 0 Å². The van der Waals surface area contributed by atoms with E-state index in [-0.39, 0.29) is 5.91 Å². The van der Waals surface area contributed by atoms with Crippen LogP contribution in [0, 0.1) is 13.8 Å². The number of nitrogens with zero attached hydrogens (tertiary/aromatic N) is 2. The molecule has 1 aromatic carbocycles.